The molecule has 0 saturated carbocycles. The summed E-state index contributed by atoms with van der Waals surface area (Å²) < 4.78 is 5.31. The number of carbonyl (C=O) groups is 3. The van der Waals surface area contributed by atoms with Gasteiger partial charge >= 0.3 is 12.0 Å². The van der Waals surface area contributed by atoms with E-state index in [1.807, 2.05) is 32.0 Å². The van der Waals surface area contributed by atoms with Crippen molar-refractivity contribution in [3.63, 3.8) is 0 Å². The van der Waals surface area contributed by atoms with Crippen LogP contribution in [0, 0.1) is 13.8 Å². The molecule has 2 aromatic carbocycles. The number of hydrogen-bond acceptors (Lipinski definition) is 4. The Morgan fingerprint density at radius 3 is 2.37 bits per heavy atom. The Morgan fingerprint density at radius 1 is 1.07 bits per heavy atom. The molecule has 0 heterocycles. The summed E-state index contributed by atoms with van der Waals surface area (Å²) in [4.78, 5) is 36.2. The second kappa shape index (κ2) is 8.98. The molecule has 0 saturated heterocycles. The number of aryl methyl sites for hydroxylation is 2. The standard InChI is InChI=1S/C21H24N2O4/c1-13-9-10-14(2)17(11-13)20(25)15(3)27-19(24)12-18(23-21(22)26)16-7-5-4-6-8-16/h4-11,15,18H,12H2,1-3H3,(H3,22,23,26)/t15-,18+/m1/s1. The van der Waals surface area contributed by atoms with Crippen LogP contribution in [0.15, 0.2) is 48.5 Å². The van der Waals surface area contributed by atoms with Crippen LogP contribution in [-0.4, -0.2) is 23.9 Å². The first-order valence-corrected chi connectivity index (χ1v) is 8.69. The zero-order chi connectivity index (χ0) is 20.0. The Hall–Kier alpha value is -3.15. The maximum absolute atomic E-state index is 12.6. The molecule has 2 rings (SSSR count). The number of carbonyl (C=O) groups excluding carboxylic acids is 3. The van der Waals surface area contributed by atoms with Crippen molar-refractivity contribution in [3.8, 4) is 0 Å². The maximum Gasteiger partial charge on any atom is 0.312 e. The van der Waals surface area contributed by atoms with E-state index >= 15 is 0 Å². The Balaban J connectivity index is 2.07. The number of rotatable bonds is 7. The van der Waals surface area contributed by atoms with Gasteiger partial charge in [-0.25, -0.2) is 4.79 Å². The minimum Gasteiger partial charge on any atom is -0.454 e. The number of benzene rings is 2. The molecule has 142 valence electrons. The van der Waals surface area contributed by atoms with Crippen LogP contribution in [0.2, 0.25) is 0 Å². The molecule has 0 aromatic heterocycles. The lowest BCUT2D eigenvalue weighted by molar-refractivity contribution is -0.146. The summed E-state index contributed by atoms with van der Waals surface area (Å²) >= 11 is 0. The molecule has 0 radical (unpaired) electrons. The van der Waals surface area contributed by atoms with E-state index in [0.29, 0.717) is 5.56 Å². The number of ether oxygens (including phenoxy) is 1. The van der Waals surface area contributed by atoms with E-state index in [1.54, 1.807) is 37.3 Å². The van der Waals surface area contributed by atoms with E-state index in [-0.39, 0.29) is 12.2 Å². The van der Waals surface area contributed by atoms with Gasteiger partial charge < -0.3 is 15.8 Å². The number of hydrogen-bond donors (Lipinski definition) is 2. The fourth-order valence-corrected chi connectivity index (χ4v) is 2.80. The molecule has 2 atom stereocenters. The van der Waals surface area contributed by atoms with Crippen molar-refractivity contribution in [3.05, 3.63) is 70.8 Å². The second-order valence-electron chi connectivity index (χ2n) is 6.49. The molecule has 0 aliphatic carbocycles. The van der Waals surface area contributed by atoms with E-state index < -0.39 is 24.1 Å². The van der Waals surface area contributed by atoms with Gasteiger partial charge in [0.2, 0.25) is 5.78 Å². The van der Waals surface area contributed by atoms with Crippen LogP contribution < -0.4 is 11.1 Å². The van der Waals surface area contributed by atoms with E-state index in [4.69, 9.17) is 10.5 Å². The summed E-state index contributed by atoms with van der Waals surface area (Å²) in [6.07, 6.45) is -1.06. The molecule has 2 aromatic rings. The number of urea groups is 1. The van der Waals surface area contributed by atoms with E-state index in [0.717, 1.165) is 16.7 Å². The number of Topliss-reactive ketones (excluding diaryl/α,β-unsaturated/α-hetero) is 1. The SMILES string of the molecule is Cc1ccc(C)c(C(=O)[C@@H](C)OC(=O)C[C@H](NC(N)=O)c2ccccc2)c1. The fourth-order valence-electron chi connectivity index (χ4n) is 2.80. The fraction of sp³-hybridized carbons (Fsp3) is 0.286. The molecule has 0 bridgehead atoms. The molecule has 6 heteroatoms. The largest absolute Gasteiger partial charge is 0.454 e. The van der Waals surface area contributed by atoms with Gasteiger partial charge in [0, 0.05) is 5.56 Å². The summed E-state index contributed by atoms with van der Waals surface area (Å²) in [6.45, 7) is 5.28. The maximum atomic E-state index is 12.6. The van der Waals surface area contributed by atoms with Crippen LogP contribution in [-0.2, 0) is 9.53 Å². The van der Waals surface area contributed by atoms with Crippen molar-refractivity contribution in [2.24, 2.45) is 5.73 Å². The van der Waals surface area contributed by atoms with Crippen molar-refractivity contribution >= 4 is 17.8 Å². The quantitative estimate of drug-likeness (QED) is 0.579. The smallest absolute Gasteiger partial charge is 0.312 e. The van der Waals surface area contributed by atoms with Crippen molar-refractivity contribution in [1.29, 1.82) is 0 Å². The molecule has 0 aliphatic heterocycles. The topological polar surface area (TPSA) is 98.5 Å². The van der Waals surface area contributed by atoms with Gasteiger partial charge in [0.25, 0.3) is 0 Å². The summed E-state index contributed by atoms with van der Waals surface area (Å²) in [5, 5.41) is 2.53. The zero-order valence-electron chi connectivity index (χ0n) is 15.7. The van der Waals surface area contributed by atoms with Crippen molar-refractivity contribution < 1.29 is 19.1 Å². The molecule has 0 unspecified atom stereocenters. The van der Waals surface area contributed by atoms with E-state index in [2.05, 4.69) is 5.32 Å². The van der Waals surface area contributed by atoms with Crippen molar-refractivity contribution in [2.75, 3.05) is 0 Å². The number of nitrogens with two attached hydrogens (primary N) is 1. The Kier molecular flexibility index (Phi) is 6.71. The highest BCUT2D eigenvalue weighted by atomic mass is 16.5. The first-order chi connectivity index (χ1) is 12.8. The van der Waals surface area contributed by atoms with Crippen LogP contribution in [0.5, 0.6) is 0 Å². The van der Waals surface area contributed by atoms with Crippen LogP contribution >= 0.6 is 0 Å². The lowest BCUT2D eigenvalue weighted by atomic mass is 9.99. The summed E-state index contributed by atoms with van der Waals surface area (Å²) in [6, 6.07) is 13.2. The lowest BCUT2D eigenvalue weighted by Gasteiger charge is -2.19. The Labute approximate surface area is 158 Å². The summed E-state index contributed by atoms with van der Waals surface area (Å²) in [5.41, 5.74) is 8.24. The number of amides is 2. The van der Waals surface area contributed by atoms with E-state index in [1.165, 1.54) is 0 Å². The molecule has 0 fully saturated rings. The molecule has 3 N–H and O–H groups in total. The first-order valence-electron chi connectivity index (χ1n) is 8.69. The molecule has 6 nitrogen and oxygen atoms in total. The molecular weight excluding hydrogens is 344 g/mol. The van der Waals surface area contributed by atoms with Crippen LogP contribution in [0.25, 0.3) is 0 Å². The molecule has 0 spiro atoms. The third-order valence-electron chi connectivity index (χ3n) is 4.23. The van der Waals surface area contributed by atoms with Crippen molar-refractivity contribution in [2.45, 2.75) is 39.3 Å². The highest BCUT2D eigenvalue weighted by molar-refractivity contribution is 6.01. The third kappa shape index (κ3) is 5.67. The van der Waals surface area contributed by atoms with Crippen LogP contribution in [0.1, 0.15) is 46.4 Å². The van der Waals surface area contributed by atoms with Gasteiger partial charge in [0.05, 0.1) is 12.5 Å². The monoisotopic (exact) mass is 368 g/mol. The highest BCUT2D eigenvalue weighted by Gasteiger charge is 2.24. The van der Waals surface area contributed by atoms with Crippen LogP contribution in [0.3, 0.4) is 0 Å². The van der Waals surface area contributed by atoms with Crippen LogP contribution in [0.4, 0.5) is 4.79 Å². The summed E-state index contributed by atoms with van der Waals surface area (Å²) in [7, 11) is 0. The average molecular weight is 368 g/mol. The average Bonchev–Trinajstić information content (AvgIpc) is 2.62. The van der Waals surface area contributed by atoms with Gasteiger partial charge in [-0.1, -0.05) is 48.0 Å². The predicted molar refractivity (Wildman–Crippen MR) is 102 cm³/mol. The third-order valence-corrected chi connectivity index (χ3v) is 4.23. The molecule has 2 amide bonds. The van der Waals surface area contributed by atoms with Crippen molar-refractivity contribution in [1.82, 2.24) is 5.32 Å². The van der Waals surface area contributed by atoms with E-state index in [9.17, 15) is 14.4 Å². The predicted octanol–water partition coefficient (Wildman–Crippen LogP) is 3.22. The molecule has 27 heavy (non-hydrogen) atoms. The van der Waals surface area contributed by atoms with Gasteiger partial charge in [-0.15, -0.1) is 0 Å². The van der Waals surface area contributed by atoms with Gasteiger partial charge in [0.1, 0.15) is 0 Å². The highest BCUT2D eigenvalue weighted by Crippen LogP contribution is 2.19. The summed E-state index contributed by atoms with van der Waals surface area (Å²) in [5.74, 6) is -0.854. The van der Waals surface area contributed by atoms with Gasteiger partial charge in [-0.2, -0.15) is 0 Å². The lowest BCUT2D eigenvalue weighted by Crippen LogP contribution is -2.35. The zero-order valence-corrected chi connectivity index (χ0v) is 15.7. The number of esters is 1. The number of ketones is 1. The molecular formula is C21H24N2O4. The minimum absolute atomic E-state index is 0.128. The Bertz CT molecular complexity index is 833. The van der Waals surface area contributed by atoms with Gasteiger partial charge in [0.15, 0.2) is 6.10 Å². The number of primary amides is 1. The first kappa shape index (κ1) is 20.2. The van der Waals surface area contributed by atoms with Gasteiger partial charge in [-0.05, 0) is 38.0 Å². The normalized spacial score (nSPS) is 12.7. The molecule has 0 aliphatic rings. The Morgan fingerprint density at radius 2 is 1.74 bits per heavy atom. The van der Waals surface area contributed by atoms with Gasteiger partial charge in [-0.3, -0.25) is 9.59 Å². The second-order valence-corrected chi connectivity index (χ2v) is 6.49. The number of nitrogens with one attached hydrogen (secondary N) is 1. The minimum atomic E-state index is -0.928.